The molecule has 0 N–H and O–H groups in total. The molecule has 3 nitrogen and oxygen atoms in total. The molecule has 9 aromatic carbocycles. The molecule has 274 valence electrons. The lowest BCUT2D eigenvalue weighted by atomic mass is 9.82. The van der Waals surface area contributed by atoms with E-state index in [9.17, 15) is 0 Å². The Bertz CT molecular complexity index is 3430. The number of rotatable bonds is 5. The number of furan rings is 1. The van der Waals surface area contributed by atoms with Gasteiger partial charge in [0.2, 0.25) is 0 Å². The summed E-state index contributed by atoms with van der Waals surface area (Å²) in [7, 11) is 0. The van der Waals surface area contributed by atoms with Gasteiger partial charge in [0.1, 0.15) is 11.2 Å². The summed E-state index contributed by atoms with van der Waals surface area (Å²) in [5.74, 6) is 0. The van der Waals surface area contributed by atoms with Gasteiger partial charge in [0, 0.05) is 55.0 Å². The Morgan fingerprint density at radius 3 is 1.98 bits per heavy atom. The highest BCUT2D eigenvalue weighted by molar-refractivity contribution is 6.12. The summed E-state index contributed by atoms with van der Waals surface area (Å²) in [4.78, 5) is 2.46. The van der Waals surface area contributed by atoms with Crippen LogP contribution in [-0.2, 0) is 5.41 Å². The summed E-state index contributed by atoms with van der Waals surface area (Å²) in [6, 6.07) is 70.7. The van der Waals surface area contributed by atoms with Gasteiger partial charge in [-0.05, 0) is 93.9 Å². The molecule has 0 unspecified atom stereocenters. The van der Waals surface area contributed by atoms with Gasteiger partial charge in [-0.2, -0.15) is 0 Å². The van der Waals surface area contributed by atoms with E-state index in [2.05, 4.69) is 205 Å². The van der Waals surface area contributed by atoms with Crippen molar-refractivity contribution < 1.29 is 4.42 Å². The molecule has 2 aromatic heterocycles. The molecule has 0 amide bonds. The smallest absolute Gasteiger partial charge is 0.143 e. The topological polar surface area (TPSA) is 21.3 Å². The molecular formula is C55H38N2O. The van der Waals surface area contributed by atoms with Crippen LogP contribution in [0, 0.1) is 0 Å². The molecule has 0 fully saturated rings. The van der Waals surface area contributed by atoms with Gasteiger partial charge in [0.25, 0.3) is 0 Å². The lowest BCUT2D eigenvalue weighted by Crippen LogP contribution is -2.16. The predicted molar refractivity (Wildman–Crippen MR) is 243 cm³/mol. The fourth-order valence-electron chi connectivity index (χ4n) is 9.80. The SMILES string of the molecule is CC1(C)c2ccccc2-c2ccc(N(c3ccc4c(c3)c3ccccc3n4-c3ccc(-c4cccc5c4oc4ccccc45)cc3)c3cccc4ccccc34)cc21. The Kier molecular flexibility index (Phi) is 6.98. The molecule has 58 heavy (non-hydrogen) atoms. The van der Waals surface area contributed by atoms with Crippen LogP contribution < -0.4 is 4.90 Å². The van der Waals surface area contributed by atoms with Crippen molar-refractivity contribution in [1.29, 1.82) is 0 Å². The monoisotopic (exact) mass is 742 g/mol. The van der Waals surface area contributed by atoms with E-state index >= 15 is 0 Å². The Morgan fingerprint density at radius 1 is 0.448 bits per heavy atom. The maximum Gasteiger partial charge on any atom is 0.143 e. The molecule has 1 aliphatic carbocycles. The van der Waals surface area contributed by atoms with Gasteiger partial charge in [-0.15, -0.1) is 0 Å². The highest BCUT2D eigenvalue weighted by Crippen LogP contribution is 2.51. The lowest BCUT2D eigenvalue weighted by Gasteiger charge is -2.29. The van der Waals surface area contributed by atoms with Crippen molar-refractivity contribution in [2.75, 3.05) is 4.90 Å². The molecule has 12 rings (SSSR count). The first kappa shape index (κ1) is 32.8. The van der Waals surface area contributed by atoms with E-state index in [-0.39, 0.29) is 5.41 Å². The second-order valence-electron chi connectivity index (χ2n) is 16.1. The van der Waals surface area contributed by atoms with Crippen LogP contribution in [0.25, 0.3) is 82.5 Å². The Balaban J connectivity index is 1.02. The normalized spacial score (nSPS) is 13.1. The van der Waals surface area contributed by atoms with Crippen LogP contribution in [0.1, 0.15) is 25.0 Å². The van der Waals surface area contributed by atoms with E-state index in [1.165, 1.54) is 54.8 Å². The van der Waals surface area contributed by atoms with Crippen LogP contribution in [0.3, 0.4) is 0 Å². The number of fused-ring (bicyclic) bond motifs is 10. The van der Waals surface area contributed by atoms with Gasteiger partial charge in [-0.25, -0.2) is 0 Å². The summed E-state index contributed by atoms with van der Waals surface area (Å²) in [6.45, 7) is 4.72. The third-order valence-electron chi connectivity index (χ3n) is 12.6. The molecule has 3 heteroatoms. The third kappa shape index (κ3) is 4.74. The van der Waals surface area contributed by atoms with Gasteiger partial charge < -0.3 is 13.9 Å². The fraction of sp³-hybridized carbons (Fsp3) is 0.0545. The zero-order valence-electron chi connectivity index (χ0n) is 32.3. The first-order valence-electron chi connectivity index (χ1n) is 20.1. The van der Waals surface area contributed by atoms with E-state index in [1.54, 1.807) is 0 Å². The minimum Gasteiger partial charge on any atom is -0.455 e. The van der Waals surface area contributed by atoms with Crippen LogP contribution >= 0.6 is 0 Å². The van der Waals surface area contributed by atoms with Crippen molar-refractivity contribution >= 4 is 71.6 Å². The second kappa shape index (κ2) is 12.3. The highest BCUT2D eigenvalue weighted by atomic mass is 16.3. The van der Waals surface area contributed by atoms with Crippen LogP contribution in [0.4, 0.5) is 17.1 Å². The second-order valence-corrected chi connectivity index (χ2v) is 16.1. The van der Waals surface area contributed by atoms with Gasteiger partial charge in [-0.3, -0.25) is 0 Å². The van der Waals surface area contributed by atoms with Crippen molar-refractivity contribution in [2.45, 2.75) is 19.3 Å². The molecule has 1 aliphatic rings. The number of aromatic nitrogens is 1. The average Bonchev–Trinajstić information content (AvgIpc) is 3.89. The van der Waals surface area contributed by atoms with Crippen molar-refractivity contribution in [2.24, 2.45) is 0 Å². The first-order valence-corrected chi connectivity index (χ1v) is 20.1. The highest BCUT2D eigenvalue weighted by Gasteiger charge is 2.36. The third-order valence-corrected chi connectivity index (χ3v) is 12.6. The Hall–Kier alpha value is -7.36. The van der Waals surface area contributed by atoms with Crippen LogP contribution in [0.15, 0.2) is 199 Å². The lowest BCUT2D eigenvalue weighted by molar-refractivity contribution is 0.660. The number of benzene rings is 9. The number of hydrogen-bond acceptors (Lipinski definition) is 2. The van der Waals surface area contributed by atoms with Crippen LogP contribution in [-0.4, -0.2) is 4.57 Å². The van der Waals surface area contributed by atoms with Crippen molar-refractivity contribution in [3.05, 3.63) is 205 Å². The number of anilines is 3. The number of para-hydroxylation sites is 3. The minimum absolute atomic E-state index is 0.113. The van der Waals surface area contributed by atoms with E-state index in [4.69, 9.17) is 4.42 Å². The fourth-order valence-corrected chi connectivity index (χ4v) is 9.80. The Labute approximate surface area is 336 Å². The summed E-state index contributed by atoms with van der Waals surface area (Å²) < 4.78 is 8.81. The zero-order valence-corrected chi connectivity index (χ0v) is 32.3. The molecule has 0 saturated carbocycles. The first-order chi connectivity index (χ1) is 28.5. The summed E-state index contributed by atoms with van der Waals surface area (Å²) in [5, 5.41) is 7.15. The van der Waals surface area contributed by atoms with E-state index in [0.29, 0.717) is 0 Å². The molecule has 0 bridgehead atoms. The van der Waals surface area contributed by atoms with Gasteiger partial charge >= 0.3 is 0 Å². The molecule has 11 aromatic rings. The molecule has 0 spiro atoms. The standard InChI is InChI=1S/C55H38N2O/c1-55(2)48-21-8-5-16-42(48)43-31-29-39(34-49(43)55)56(50-23-11-14-35-13-3-4-15-40(35)50)38-30-32-52-47(33-38)44-17-6-9-22-51(44)57(52)37-27-25-36(26-28-37)41-19-12-20-46-45-18-7-10-24-53(45)58-54(41)46/h3-34H,1-2H3. The quantitative estimate of drug-likeness (QED) is 0.175. The van der Waals surface area contributed by atoms with Crippen LogP contribution in [0.2, 0.25) is 0 Å². The van der Waals surface area contributed by atoms with E-state index < -0.39 is 0 Å². The average molecular weight is 743 g/mol. The molecule has 0 radical (unpaired) electrons. The molecule has 0 saturated heterocycles. The number of hydrogen-bond donors (Lipinski definition) is 0. The van der Waals surface area contributed by atoms with Crippen LogP contribution in [0.5, 0.6) is 0 Å². The molecule has 0 atom stereocenters. The van der Waals surface area contributed by atoms with Crippen molar-refractivity contribution in [3.8, 4) is 27.9 Å². The Morgan fingerprint density at radius 2 is 1.09 bits per heavy atom. The van der Waals surface area contributed by atoms with Gasteiger partial charge in [0.15, 0.2) is 0 Å². The molecule has 0 aliphatic heterocycles. The van der Waals surface area contributed by atoms with E-state index in [0.717, 1.165) is 55.8 Å². The maximum absolute atomic E-state index is 6.41. The number of nitrogens with zero attached hydrogens (tertiary/aromatic N) is 2. The van der Waals surface area contributed by atoms with E-state index in [1.807, 2.05) is 12.1 Å². The summed E-state index contributed by atoms with van der Waals surface area (Å²) in [6.07, 6.45) is 0. The minimum atomic E-state index is -0.113. The summed E-state index contributed by atoms with van der Waals surface area (Å²) in [5.41, 5.74) is 16.2. The molecule has 2 heterocycles. The largest absolute Gasteiger partial charge is 0.455 e. The van der Waals surface area contributed by atoms with Gasteiger partial charge in [-0.1, -0.05) is 147 Å². The van der Waals surface area contributed by atoms with Crippen molar-refractivity contribution in [3.63, 3.8) is 0 Å². The maximum atomic E-state index is 6.41. The molecular weight excluding hydrogens is 705 g/mol. The van der Waals surface area contributed by atoms with Gasteiger partial charge in [0.05, 0.1) is 16.7 Å². The zero-order chi connectivity index (χ0) is 38.5. The summed E-state index contributed by atoms with van der Waals surface area (Å²) >= 11 is 0. The van der Waals surface area contributed by atoms with Crippen molar-refractivity contribution in [1.82, 2.24) is 4.57 Å². The predicted octanol–water partition coefficient (Wildman–Crippen LogP) is 15.3.